The number of hydrogen-bond acceptors (Lipinski definition) is 6. The Balaban J connectivity index is 1.36. The fourth-order valence-electron chi connectivity index (χ4n) is 4.70. The van der Waals surface area contributed by atoms with Gasteiger partial charge in [0, 0.05) is 33.2 Å². The molecule has 162 valence electrons. The lowest BCUT2D eigenvalue weighted by atomic mass is 9.81. The Hall–Kier alpha value is -2.68. The van der Waals surface area contributed by atoms with E-state index < -0.39 is 11.4 Å². The number of hydrogen-bond donors (Lipinski definition) is 1. The third-order valence-corrected chi connectivity index (χ3v) is 6.64. The molecule has 4 rings (SSSR count). The number of anilines is 2. The van der Waals surface area contributed by atoms with Crippen LogP contribution in [0, 0.1) is 0 Å². The molecule has 2 aliphatic heterocycles. The van der Waals surface area contributed by atoms with Gasteiger partial charge in [0.2, 0.25) is 5.91 Å². The maximum Gasteiger partial charge on any atom is 0.327 e. The summed E-state index contributed by atoms with van der Waals surface area (Å²) in [5.74, 6) is 0.243. The van der Waals surface area contributed by atoms with E-state index in [4.69, 9.17) is 0 Å². The van der Waals surface area contributed by atoms with Crippen molar-refractivity contribution >= 4 is 29.4 Å². The summed E-state index contributed by atoms with van der Waals surface area (Å²) in [6.45, 7) is 3.55. The van der Waals surface area contributed by atoms with Crippen LogP contribution in [-0.4, -0.2) is 89.9 Å². The summed E-state index contributed by atoms with van der Waals surface area (Å²) >= 11 is 0. The maximum absolute atomic E-state index is 13.0. The molecule has 0 unspecified atom stereocenters. The lowest BCUT2D eigenvalue weighted by molar-refractivity contribution is -0.136. The lowest BCUT2D eigenvalue weighted by Crippen LogP contribution is -2.49. The zero-order valence-electron chi connectivity index (χ0n) is 17.8. The van der Waals surface area contributed by atoms with Crippen LogP contribution in [-0.2, 0) is 9.59 Å². The average Bonchev–Trinajstić information content (AvgIpc) is 2.92. The predicted octanol–water partition coefficient (Wildman–Crippen LogP) is 1.37. The molecule has 1 aliphatic carbocycles. The highest BCUT2D eigenvalue weighted by atomic mass is 16.2. The van der Waals surface area contributed by atoms with Gasteiger partial charge in [-0.3, -0.25) is 14.5 Å². The Bertz CT molecular complexity index is 813. The molecule has 0 atom stereocenters. The van der Waals surface area contributed by atoms with E-state index in [1.54, 1.807) is 19.3 Å². The molecule has 3 fully saturated rings. The highest BCUT2D eigenvalue weighted by Gasteiger charge is 2.55. The molecule has 1 N–H and O–H groups in total. The number of piperazine rings is 1. The molecule has 0 aromatic carbocycles. The van der Waals surface area contributed by atoms with Crippen molar-refractivity contribution in [2.24, 2.45) is 0 Å². The van der Waals surface area contributed by atoms with Gasteiger partial charge in [-0.25, -0.2) is 9.78 Å². The highest BCUT2D eigenvalue weighted by Crippen LogP contribution is 2.39. The van der Waals surface area contributed by atoms with Crippen LogP contribution in [0.5, 0.6) is 0 Å². The number of nitrogens with one attached hydrogen (secondary N) is 1. The molecule has 1 aromatic heterocycles. The number of nitrogens with zero attached hydrogens (tertiary/aromatic N) is 5. The van der Waals surface area contributed by atoms with E-state index in [0.717, 1.165) is 56.2 Å². The topological polar surface area (TPSA) is 89.1 Å². The van der Waals surface area contributed by atoms with Gasteiger partial charge < -0.3 is 20.0 Å². The predicted molar refractivity (Wildman–Crippen MR) is 113 cm³/mol. The molecule has 9 heteroatoms. The number of urea groups is 1. The Morgan fingerprint density at radius 3 is 2.40 bits per heavy atom. The zero-order chi connectivity index (χ0) is 21.3. The van der Waals surface area contributed by atoms with Crippen LogP contribution in [0.2, 0.25) is 0 Å². The molecule has 3 heterocycles. The second-order valence-electron chi connectivity index (χ2n) is 8.57. The van der Waals surface area contributed by atoms with Gasteiger partial charge >= 0.3 is 6.03 Å². The fraction of sp³-hybridized carbons (Fsp3) is 0.619. The second-order valence-corrected chi connectivity index (χ2v) is 8.57. The Kier molecular flexibility index (Phi) is 5.64. The molecule has 1 aromatic rings. The number of carbonyl (C=O) groups is 3. The van der Waals surface area contributed by atoms with E-state index in [0.29, 0.717) is 18.5 Å². The van der Waals surface area contributed by atoms with Gasteiger partial charge in [-0.15, -0.1) is 0 Å². The van der Waals surface area contributed by atoms with E-state index in [2.05, 4.69) is 27.1 Å². The molecule has 1 spiro atoms. The third kappa shape index (κ3) is 3.74. The maximum atomic E-state index is 13.0. The highest BCUT2D eigenvalue weighted by molar-refractivity contribution is 6.10. The summed E-state index contributed by atoms with van der Waals surface area (Å²) in [6, 6.07) is 3.30. The normalized spacial score (nSPS) is 22.1. The van der Waals surface area contributed by atoms with Gasteiger partial charge in [0.1, 0.15) is 17.9 Å². The van der Waals surface area contributed by atoms with E-state index >= 15 is 0 Å². The lowest BCUT2D eigenvalue weighted by Gasteiger charge is -2.35. The molecule has 0 radical (unpaired) electrons. The molecule has 2 saturated heterocycles. The van der Waals surface area contributed by atoms with Crippen molar-refractivity contribution in [2.45, 2.75) is 37.6 Å². The van der Waals surface area contributed by atoms with Crippen molar-refractivity contribution in [1.29, 1.82) is 0 Å². The van der Waals surface area contributed by atoms with Gasteiger partial charge in [0.25, 0.3) is 5.91 Å². The smallest absolute Gasteiger partial charge is 0.327 e. The Morgan fingerprint density at radius 1 is 1.07 bits per heavy atom. The van der Waals surface area contributed by atoms with Crippen LogP contribution in [0.3, 0.4) is 0 Å². The molecule has 1 saturated carbocycles. The minimum atomic E-state index is -0.763. The first-order valence-electron chi connectivity index (χ1n) is 10.7. The van der Waals surface area contributed by atoms with Crippen molar-refractivity contribution in [3.8, 4) is 0 Å². The standard InChI is InChI=1S/C21H30N6O3/c1-24-10-12-26(13-11-24)17-7-6-16(14-22-17)23-18(28)15-27-19(29)21(25(2)20(27)30)8-4-3-5-9-21/h6-7,14H,3-5,8-13,15H2,1-2H3,(H,23,28). The number of amides is 4. The quantitative estimate of drug-likeness (QED) is 0.749. The average molecular weight is 415 g/mol. The second kappa shape index (κ2) is 8.22. The first kappa shape index (κ1) is 20.6. The van der Waals surface area contributed by atoms with Crippen LogP contribution in [0.1, 0.15) is 32.1 Å². The molecule has 3 aliphatic rings. The molecule has 9 nitrogen and oxygen atoms in total. The number of pyridine rings is 1. The van der Waals surface area contributed by atoms with E-state index in [1.165, 1.54) is 4.90 Å². The molecular weight excluding hydrogens is 384 g/mol. The number of imide groups is 1. The van der Waals surface area contributed by atoms with Gasteiger partial charge in [-0.05, 0) is 32.0 Å². The minimum absolute atomic E-state index is 0.242. The monoisotopic (exact) mass is 414 g/mol. The van der Waals surface area contributed by atoms with Gasteiger partial charge in [-0.1, -0.05) is 19.3 Å². The van der Waals surface area contributed by atoms with Gasteiger partial charge in [0.15, 0.2) is 0 Å². The van der Waals surface area contributed by atoms with Crippen LogP contribution in [0.4, 0.5) is 16.3 Å². The Labute approximate surface area is 177 Å². The summed E-state index contributed by atoms with van der Waals surface area (Å²) in [6.07, 6.45) is 5.89. The van der Waals surface area contributed by atoms with Crippen LogP contribution < -0.4 is 10.2 Å². The first-order chi connectivity index (χ1) is 14.4. The van der Waals surface area contributed by atoms with Crippen LogP contribution in [0.15, 0.2) is 18.3 Å². The van der Waals surface area contributed by atoms with Gasteiger partial charge in [0.05, 0.1) is 11.9 Å². The Morgan fingerprint density at radius 2 is 1.77 bits per heavy atom. The minimum Gasteiger partial charge on any atom is -0.354 e. The number of carbonyl (C=O) groups excluding carboxylic acids is 3. The van der Waals surface area contributed by atoms with Crippen LogP contribution >= 0.6 is 0 Å². The molecule has 30 heavy (non-hydrogen) atoms. The van der Waals surface area contributed by atoms with Crippen molar-refractivity contribution in [3.63, 3.8) is 0 Å². The van der Waals surface area contributed by atoms with Gasteiger partial charge in [-0.2, -0.15) is 0 Å². The van der Waals surface area contributed by atoms with Crippen molar-refractivity contribution < 1.29 is 14.4 Å². The van der Waals surface area contributed by atoms with Crippen LogP contribution in [0.25, 0.3) is 0 Å². The van der Waals surface area contributed by atoms with Crippen molar-refractivity contribution in [3.05, 3.63) is 18.3 Å². The van der Waals surface area contributed by atoms with Crippen molar-refractivity contribution in [2.75, 3.05) is 57.0 Å². The summed E-state index contributed by atoms with van der Waals surface area (Å²) in [5.41, 5.74) is -0.209. The fourth-order valence-corrected chi connectivity index (χ4v) is 4.70. The summed E-state index contributed by atoms with van der Waals surface area (Å²) < 4.78 is 0. The number of aromatic nitrogens is 1. The third-order valence-electron chi connectivity index (χ3n) is 6.64. The molecule has 4 amide bonds. The SMILES string of the molecule is CN1CCN(c2ccc(NC(=O)CN3C(=O)N(C)C4(CCCCC4)C3=O)cn2)CC1. The zero-order valence-corrected chi connectivity index (χ0v) is 17.8. The summed E-state index contributed by atoms with van der Waals surface area (Å²) in [4.78, 5) is 49.8. The van der Waals surface area contributed by atoms with Crippen molar-refractivity contribution in [1.82, 2.24) is 19.7 Å². The molecular formula is C21H30N6O3. The first-order valence-corrected chi connectivity index (χ1v) is 10.7. The van der Waals surface area contributed by atoms with E-state index in [9.17, 15) is 14.4 Å². The number of likely N-dealkylation sites (N-methyl/N-ethyl adjacent to an activating group) is 2. The molecule has 0 bridgehead atoms. The van der Waals surface area contributed by atoms with E-state index in [1.807, 2.05) is 6.07 Å². The summed E-state index contributed by atoms with van der Waals surface area (Å²) in [5, 5.41) is 2.76. The largest absolute Gasteiger partial charge is 0.354 e. The number of rotatable bonds is 4. The van der Waals surface area contributed by atoms with E-state index in [-0.39, 0.29) is 18.5 Å². The summed E-state index contributed by atoms with van der Waals surface area (Å²) in [7, 11) is 3.78.